The van der Waals surface area contributed by atoms with E-state index < -0.39 is 0 Å². The van der Waals surface area contributed by atoms with Crippen molar-refractivity contribution in [3.8, 4) is 11.9 Å². The minimum absolute atomic E-state index is 0.202. The van der Waals surface area contributed by atoms with Gasteiger partial charge in [-0.25, -0.2) is 4.68 Å². The Morgan fingerprint density at radius 3 is 2.29 bits per heavy atom. The molecule has 0 N–H and O–H groups in total. The Balaban J connectivity index is 3.39. The van der Waals surface area contributed by atoms with E-state index in [4.69, 9.17) is 10.00 Å². The van der Waals surface area contributed by atoms with Crippen LogP contribution < -0.4 is 4.74 Å². The molecule has 0 aliphatic heterocycles. The molecule has 76 valence electrons. The van der Waals surface area contributed by atoms with Gasteiger partial charge in [0.05, 0.1) is 12.6 Å². The number of aromatic nitrogens is 2. The smallest absolute Gasteiger partial charge is 0.236 e. The van der Waals surface area contributed by atoms with E-state index in [-0.39, 0.29) is 5.54 Å². The molecule has 0 saturated carbocycles. The molecule has 0 atom stereocenters. The highest BCUT2D eigenvalue weighted by molar-refractivity contribution is 5.38. The number of nitrogens with zero attached hydrogens (tertiary/aromatic N) is 3. The molecule has 0 aromatic carbocycles. The Bertz CT molecular complexity index is 379. The van der Waals surface area contributed by atoms with Crippen molar-refractivity contribution in [2.75, 3.05) is 7.11 Å². The topological polar surface area (TPSA) is 50.8 Å². The average Bonchev–Trinajstić information content (AvgIpc) is 2.41. The first-order valence-electron chi connectivity index (χ1n) is 4.46. The van der Waals surface area contributed by atoms with Crippen LogP contribution in [0.1, 0.15) is 32.0 Å². The highest BCUT2D eigenvalue weighted by Crippen LogP contribution is 2.25. The number of rotatable bonds is 1. The van der Waals surface area contributed by atoms with E-state index in [0.29, 0.717) is 11.6 Å². The maximum atomic E-state index is 9.01. The molecule has 0 spiro atoms. The Morgan fingerprint density at radius 1 is 1.43 bits per heavy atom. The maximum Gasteiger partial charge on any atom is 0.236 e. The molecule has 0 saturated heterocycles. The van der Waals surface area contributed by atoms with Gasteiger partial charge in [0.15, 0.2) is 0 Å². The molecular formula is C10H15N3O. The third-order valence-electron chi connectivity index (χ3n) is 2.01. The van der Waals surface area contributed by atoms with Crippen molar-refractivity contribution in [1.82, 2.24) is 9.78 Å². The van der Waals surface area contributed by atoms with Crippen LogP contribution in [-0.2, 0) is 5.54 Å². The van der Waals surface area contributed by atoms with E-state index >= 15 is 0 Å². The second-order valence-electron chi connectivity index (χ2n) is 4.18. The Hall–Kier alpha value is -1.50. The average molecular weight is 193 g/mol. The van der Waals surface area contributed by atoms with Crippen LogP contribution >= 0.6 is 0 Å². The molecule has 0 amide bonds. The maximum absolute atomic E-state index is 9.01. The van der Waals surface area contributed by atoms with E-state index in [0.717, 1.165) is 5.56 Å². The molecule has 1 rings (SSSR count). The van der Waals surface area contributed by atoms with E-state index in [1.165, 1.54) is 0 Å². The summed E-state index contributed by atoms with van der Waals surface area (Å²) in [5.74, 6) is 0.525. The van der Waals surface area contributed by atoms with Crippen molar-refractivity contribution in [2.45, 2.75) is 33.2 Å². The fourth-order valence-corrected chi connectivity index (χ4v) is 1.29. The molecule has 0 bridgehead atoms. The SMILES string of the molecule is COc1nn(C(C)(C)C)c(C#N)c1C. The van der Waals surface area contributed by atoms with Crippen LogP contribution in [0.4, 0.5) is 0 Å². The lowest BCUT2D eigenvalue weighted by molar-refractivity contribution is 0.327. The monoisotopic (exact) mass is 193 g/mol. The first-order valence-corrected chi connectivity index (χ1v) is 4.46. The predicted octanol–water partition coefficient (Wildman–Crippen LogP) is 1.83. The zero-order chi connectivity index (χ0) is 10.9. The van der Waals surface area contributed by atoms with Crippen LogP contribution in [0.25, 0.3) is 0 Å². The molecule has 0 aliphatic carbocycles. The first-order chi connectivity index (χ1) is 6.41. The van der Waals surface area contributed by atoms with Gasteiger partial charge in [-0.2, -0.15) is 5.26 Å². The normalized spacial score (nSPS) is 11.1. The van der Waals surface area contributed by atoms with E-state index in [2.05, 4.69) is 11.2 Å². The van der Waals surface area contributed by atoms with Crippen LogP contribution in [-0.4, -0.2) is 16.9 Å². The zero-order valence-electron chi connectivity index (χ0n) is 9.25. The lowest BCUT2D eigenvalue weighted by atomic mass is 10.1. The van der Waals surface area contributed by atoms with Gasteiger partial charge in [0.2, 0.25) is 5.88 Å². The molecule has 0 aliphatic rings. The highest BCUT2D eigenvalue weighted by Gasteiger charge is 2.23. The van der Waals surface area contributed by atoms with Gasteiger partial charge in [0, 0.05) is 5.56 Å². The van der Waals surface area contributed by atoms with Crippen molar-refractivity contribution >= 4 is 0 Å². The van der Waals surface area contributed by atoms with Gasteiger partial charge < -0.3 is 4.74 Å². The highest BCUT2D eigenvalue weighted by atomic mass is 16.5. The van der Waals surface area contributed by atoms with Crippen molar-refractivity contribution in [2.24, 2.45) is 0 Å². The Kier molecular flexibility index (Phi) is 2.52. The molecule has 14 heavy (non-hydrogen) atoms. The minimum atomic E-state index is -0.202. The van der Waals surface area contributed by atoms with Crippen LogP contribution in [0.3, 0.4) is 0 Å². The Labute approximate surface area is 84.1 Å². The van der Waals surface area contributed by atoms with Crippen molar-refractivity contribution < 1.29 is 4.74 Å². The van der Waals surface area contributed by atoms with Gasteiger partial charge in [-0.3, -0.25) is 0 Å². The standard InChI is InChI=1S/C10H15N3O/c1-7-8(6-11)13(10(2,3)4)12-9(7)14-5/h1-5H3. The molecule has 1 aromatic rings. The molecule has 1 aromatic heterocycles. The fourth-order valence-electron chi connectivity index (χ4n) is 1.29. The van der Waals surface area contributed by atoms with Crippen molar-refractivity contribution in [1.29, 1.82) is 5.26 Å². The largest absolute Gasteiger partial charge is 0.480 e. The summed E-state index contributed by atoms with van der Waals surface area (Å²) in [5.41, 5.74) is 1.16. The van der Waals surface area contributed by atoms with Gasteiger partial charge in [-0.15, -0.1) is 5.10 Å². The quantitative estimate of drug-likeness (QED) is 0.683. The summed E-state index contributed by atoms with van der Waals surface area (Å²) in [5, 5.41) is 13.2. The van der Waals surface area contributed by atoms with Crippen LogP contribution in [0.2, 0.25) is 0 Å². The summed E-state index contributed by atoms with van der Waals surface area (Å²) in [6.45, 7) is 7.84. The second kappa shape index (κ2) is 3.33. The van der Waals surface area contributed by atoms with Crippen LogP contribution in [0.15, 0.2) is 0 Å². The van der Waals surface area contributed by atoms with Gasteiger partial charge >= 0.3 is 0 Å². The molecule has 1 heterocycles. The lowest BCUT2D eigenvalue weighted by Crippen LogP contribution is -2.24. The number of hydrogen-bond acceptors (Lipinski definition) is 3. The molecule has 4 heteroatoms. The molecule has 0 unspecified atom stereocenters. The summed E-state index contributed by atoms with van der Waals surface area (Å²) in [4.78, 5) is 0. The number of hydrogen-bond donors (Lipinski definition) is 0. The number of methoxy groups -OCH3 is 1. The molecule has 4 nitrogen and oxygen atoms in total. The fraction of sp³-hybridized carbons (Fsp3) is 0.600. The third-order valence-corrected chi connectivity index (χ3v) is 2.01. The van der Waals surface area contributed by atoms with Crippen molar-refractivity contribution in [3.05, 3.63) is 11.3 Å². The molecule has 0 radical (unpaired) electrons. The van der Waals surface area contributed by atoms with Gasteiger partial charge in [-0.05, 0) is 27.7 Å². The molecular weight excluding hydrogens is 178 g/mol. The van der Waals surface area contributed by atoms with Gasteiger partial charge in [0.25, 0.3) is 0 Å². The van der Waals surface area contributed by atoms with Gasteiger partial charge in [-0.1, -0.05) is 0 Å². The summed E-state index contributed by atoms with van der Waals surface area (Å²) >= 11 is 0. The summed E-state index contributed by atoms with van der Waals surface area (Å²) < 4.78 is 6.78. The predicted molar refractivity (Wildman–Crippen MR) is 53.2 cm³/mol. The number of nitriles is 1. The first kappa shape index (κ1) is 10.6. The van der Waals surface area contributed by atoms with E-state index in [9.17, 15) is 0 Å². The summed E-state index contributed by atoms with van der Waals surface area (Å²) in [6.07, 6.45) is 0. The van der Waals surface area contributed by atoms with Gasteiger partial charge in [0.1, 0.15) is 11.8 Å². The summed E-state index contributed by atoms with van der Waals surface area (Å²) in [6, 6.07) is 2.15. The lowest BCUT2D eigenvalue weighted by Gasteiger charge is -2.19. The number of ether oxygens (including phenoxy) is 1. The minimum Gasteiger partial charge on any atom is -0.480 e. The third kappa shape index (κ3) is 1.58. The van der Waals surface area contributed by atoms with E-state index in [1.54, 1.807) is 11.8 Å². The second-order valence-corrected chi connectivity index (χ2v) is 4.18. The van der Waals surface area contributed by atoms with Crippen LogP contribution in [0, 0.1) is 18.3 Å². The Morgan fingerprint density at radius 2 is 2.00 bits per heavy atom. The molecule has 0 fully saturated rings. The summed E-state index contributed by atoms with van der Waals surface area (Å²) in [7, 11) is 1.56. The van der Waals surface area contributed by atoms with Crippen LogP contribution in [0.5, 0.6) is 5.88 Å². The van der Waals surface area contributed by atoms with E-state index in [1.807, 2.05) is 27.7 Å². The zero-order valence-corrected chi connectivity index (χ0v) is 9.25. The van der Waals surface area contributed by atoms with Crippen molar-refractivity contribution in [3.63, 3.8) is 0 Å².